The fourth-order valence-electron chi connectivity index (χ4n) is 2.18. The molecule has 0 N–H and O–H groups in total. The third-order valence-electron chi connectivity index (χ3n) is 3.32. The molecule has 3 heteroatoms. The molecule has 0 aliphatic rings. The van der Waals surface area contributed by atoms with Gasteiger partial charge in [-0.2, -0.15) is 0 Å². The summed E-state index contributed by atoms with van der Waals surface area (Å²) in [4.78, 5) is 12.4. The average Bonchev–Trinajstić information content (AvgIpc) is 2.38. The lowest BCUT2D eigenvalue weighted by Gasteiger charge is -2.08. The zero-order valence-electron chi connectivity index (χ0n) is 11.8. The Balaban J connectivity index is 2.28. The van der Waals surface area contributed by atoms with E-state index in [1.807, 2.05) is 51.1 Å². The van der Waals surface area contributed by atoms with Crippen LogP contribution in [0.3, 0.4) is 0 Å². The first-order valence-corrected chi connectivity index (χ1v) is 7.60. The van der Waals surface area contributed by atoms with E-state index in [1.54, 1.807) is 0 Å². The van der Waals surface area contributed by atoms with E-state index in [0.717, 1.165) is 32.3 Å². The van der Waals surface area contributed by atoms with Crippen molar-refractivity contribution in [1.82, 2.24) is 0 Å². The van der Waals surface area contributed by atoms with Gasteiger partial charge in [0, 0.05) is 21.5 Å². The van der Waals surface area contributed by atoms with Gasteiger partial charge in [0.15, 0.2) is 5.78 Å². The number of carbonyl (C=O) groups is 1. The van der Waals surface area contributed by atoms with Gasteiger partial charge in [-0.1, -0.05) is 39.7 Å². The molecule has 0 unspecified atom stereocenters. The van der Waals surface area contributed by atoms with Gasteiger partial charge in [0.05, 0.1) is 0 Å². The molecule has 2 rings (SSSR count). The molecule has 2 aromatic rings. The fourth-order valence-corrected chi connectivity index (χ4v) is 2.71. The molecule has 104 valence electrons. The van der Waals surface area contributed by atoms with Crippen molar-refractivity contribution < 1.29 is 4.79 Å². The van der Waals surface area contributed by atoms with Crippen molar-refractivity contribution in [3.63, 3.8) is 0 Å². The van der Waals surface area contributed by atoms with Gasteiger partial charge >= 0.3 is 0 Å². The van der Waals surface area contributed by atoms with E-state index in [0.29, 0.717) is 11.4 Å². The highest BCUT2D eigenvalue weighted by Gasteiger charge is 2.12. The van der Waals surface area contributed by atoms with Crippen molar-refractivity contribution >= 4 is 33.3 Å². The molecule has 2 aromatic carbocycles. The lowest BCUT2D eigenvalue weighted by Crippen LogP contribution is -2.05. The quantitative estimate of drug-likeness (QED) is 0.672. The Labute approximate surface area is 133 Å². The van der Waals surface area contributed by atoms with Gasteiger partial charge in [0.2, 0.25) is 0 Å². The molecular formula is C17H16BrClO. The third kappa shape index (κ3) is 3.31. The predicted octanol–water partition coefficient (Wildman–Crippen LogP) is 5.45. The Morgan fingerprint density at radius 1 is 1.10 bits per heavy atom. The molecule has 0 fully saturated rings. The standard InChI is InChI=1S/C17H16BrClO/c1-10-4-5-13(15(19)6-10)9-16(20)14-7-11(2)17(18)12(3)8-14/h4-8H,9H2,1-3H3. The molecule has 0 saturated carbocycles. The van der Waals surface area contributed by atoms with Crippen LogP contribution in [0, 0.1) is 20.8 Å². The molecule has 20 heavy (non-hydrogen) atoms. The monoisotopic (exact) mass is 350 g/mol. The second-order valence-electron chi connectivity index (χ2n) is 5.12. The average molecular weight is 352 g/mol. The summed E-state index contributed by atoms with van der Waals surface area (Å²) in [5.74, 6) is 0.0921. The zero-order chi connectivity index (χ0) is 14.9. The molecule has 0 radical (unpaired) electrons. The predicted molar refractivity (Wildman–Crippen MR) is 87.8 cm³/mol. The molecule has 0 atom stereocenters. The number of rotatable bonds is 3. The van der Waals surface area contributed by atoms with Gasteiger partial charge in [-0.05, 0) is 61.2 Å². The van der Waals surface area contributed by atoms with Crippen LogP contribution in [0.4, 0.5) is 0 Å². The summed E-state index contributed by atoms with van der Waals surface area (Å²) in [7, 11) is 0. The van der Waals surface area contributed by atoms with E-state index in [9.17, 15) is 4.79 Å². The van der Waals surface area contributed by atoms with Crippen molar-refractivity contribution in [3.8, 4) is 0 Å². The van der Waals surface area contributed by atoms with Gasteiger partial charge in [-0.25, -0.2) is 0 Å². The minimum atomic E-state index is 0.0921. The van der Waals surface area contributed by atoms with Gasteiger partial charge in [-0.15, -0.1) is 0 Å². The minimum Gasteiger partial charge on any atom is -0.294 e. The topological polar surface area (TPSA) is 17.1 Å². The number of halogens is 2. The van der Waals surface area contributed by atoms with Crippen molar-refractivity contribution in [2.75, 3.05) is 0 Å². The Hall–Kier alpha value is -1.12. The zero-order valence-corrected chi connectivity index (χ0v) is 14.1. The molecule has 0 saturated heterocycles. The van der Waals surface area contributed by atoms with Crippen LogP contribution >= 0.6 is 27.5 Å². The third-order valence-corrected chi connectivity index (χ3v) is 4.92. The summed E-state index contributed by atoms with van der Waals surface area (Å²) in [6.45, 7) is 5.97. The lowest BCUT2D eigenvalue weighted by atomic mass is 9.99. The second-order valence-corrected chi connectivity index (χ2v) is 6.32. The van der Waals surface area contributed by atoms with Crippen LogP contribution in [0.1, 0.15) is 32.6 Å². The van der Waals surface area contributed by atoms with E-state index in [-0.39, 0.29) is 5.78 Å². The normalized spacial score (nSPS) is 10.7. The number of carbonyl (C=O) groups excluding carboxylic acids is 1. The van der Waals surface area contributed by atoms with Crippen LogP contribution in [0.15, 0.2) is 34.8 Å². The number of hydrogen-bond donors (Lipinski definition) is 0. The summed E-state index contributed by atoms with van der Waals surface area (Å²) in [6, 6.07) is 9.63. The largest absolute Gasteiger partial charge is 0.294 e. The highest BCUT2D eigenvalue weighted by Crippen LogP contribution is 2.24. The van der Waals surface area contributed by atoms with Gasteiger partial charge in [0.1, 0.15) is 0 Å². The van der Waals surface area contributed by atoms with Crippen LogP contribution < -0.4 is 0 Å². The molecule has 0 aliphatic heterocycles. The highest BCUT2D eigenvalue weighted by molar-refractivity contribution is 9.10. The number of Topliss-reactive ketones (excluding diaryl/α,β-unsaturated/α-hetero) is 1. The summed E-state index contributed by atoms with van der Waals surface area (Å²) in [5, 5.41) is 0.656. The smallest absolute Gasteiger partial charge is 0.167 e. The van der Waals surface area contributed by atoms with Crippen LogP contribution in [-0.4, -0.2) is 5.78 Å². The highest BCUT2D eigenvalue weighted by atomic mass is 79.9. The molecular weight excluding hydrogens is 336 g/mol. The Morgan fingerprint density at radius 2 is 1.70 bits per heavy atom. The first-order valence-electron chi connectivity index (χ1n) is 6.43. The summed E-state index contributed by atoms with van der Waals surface area (Å²) in [6.07, 6.45) is 0.333. The van der Waals surface area contributed by atoms with Crippen molar-refractivity contribution in [2.24, 2.45) is 0 Å². The molecule has 0 heterocycles. The maximum absolute atomic E-state index is 12.4. The molecule has 0 spiro atoms. The van der Waals surface area contributed by atoms with Crippen molar-refractivity contribution in [2.45, 2.75) is 27.2 Å². The molecule has 1 nitrogen and oxygen atoms in total. The molecule has 0 aliphatic carbocycles. The summed E-state index contributed by atoms with van der Waals surface area (Å²) >= 11 is 9.71. The van der Waals surface area contributed by atoms with Gasteiger partial charge in [-0.3, -0.25) is 4.79 Å². The van der Waals surface area contributed by atoms with E-state index < -0.39 is 0 Å². The summed E-state index contributed by atoms with van der Waals surface area (Å²) < 4.78 is 1.06. The summed E-state index contributed by atoms with van der Waals surface area (Å²) in [5.41, 5.74) is 4.86. The number of aryl methyl sites for hydroxylation is 3. The SMILES string of the molecule is Cc1ccc(CC(=O)c2cc(C)c(Br)c(C)c2)c(Cl)c1. The van der Waals surface area contributed by atoms with Crippen LogP contribution in [0.5, 0.6) is 0 Å². The minimum absolute atomic E-state index is 0.0921. The van der Waals surface area contributed by atoms with E-state index >= 15 is 0 Å². The lowest BCUT2D eigenvalue weighted by molar-refractivity contribution is 0.0993. The van der Waals surface area contributed by atoms with Crippen LogP contribution in [0.25, 0.3) is 0 Å². The molecule has 0 bridgehead atoms. The van der Waals surface area contributed by atoms with E-state index in [1.165, 1.54) is 0 Å². The first-order chi connectivity index (χ1) is 9.38. The van der Waals surface area contributed by atoms with E-state index in [2.05, 4.69) is 15.9 Å². The fraction of sp³-hybridized carbons (Fsp3) is 0.235. The van der Waals surface area contributed by atoms with Crippen LogP contribution in [0.2, 0.25) is 5.02 Å². The van der Waals surface area contributed by atoms with Crippen LogP contribution in [-0.2, 0) is 6.42 Å². The first kappa shape index (κ1) is 15.3. The number of hydrogen-bond acceptors (Lipinski definition) is 1. The van der Waals surface area contributed by atoms with E-state index in [4.69, 9.17) is 11.6 Å². The Morgan fingerprint density at radius 3 is 2.25 bits per heavy atom. The molecule has 0 aromatic heterocycles. The van der Waals surface area contributed by atoms with Crippen molar-refractivity contribution in [1.29, 1.82) is 0 Å². The molecule has 0 amide bonds. The maximum atomic E-state index is 12.4. The number of benzene rings is 2. The van der Waals surface area contributed by atoms with Crippen molar-refractivity contribution in [3.05, 3.63) is 67.6 Å². The van der Waals surface area contributed by atoms with Gasteiger partial charge in [0.25, 0.3) is 0 Å². The Kier molecular flexibility index (Phi) is 4.66. The second kappa shape index (κ2) is 6.11. The maximum Gasteiger partial charge on any atom is 0.167 e. The Bertz CT molecular complexity index is 654. The van der Waals surface area contributed by atoms with Gasteiger partial charge < -0.3 is 0 Å². The number of ketones is 1.